The summed E-state index contributed by atoms with van der Waals surface area (Å²) in [4.78, 5) is 30.0. The number of aromatic nitrogens is 4. The zero-order valence-electron chi connectivity index (χ0n) is 16.0. The number of hydrogen-bond donors (Lipinski definition) is 2. The lowest BCUT2D eigenvalue weighted by atomic mass is 10.3. The summed E-state index contributed by atoms with van der Waals surface area (Å²) in [7, 11) is 0. The molecule has 29 heavy (non-hydrogen) atoms. The van der Waals surface area contributed by atoms with Gasteiger partial charge in [0.25, 0.3) is 5.91 Å². The van der Waals surface area contributed by atoms with Crippen molar-refractivity contribution in [2.75, 3.05) is 17.2 Å². The van der Waals surface area contributed by atoms with Crippen molar-refractivity contribution in [3.63, 3.8) is 0 Å². The number of nitrogens with one attached hydrogen (secondary N) is 2. The average Bonchev–Trinajstić information content (AvgIpc) is 3.27. The molecule has 2 N–H and O–H groups in total. The van der Waals surface area contributed by atoms with Crippen molar-refractivity contribution in [2.45, 2.75) is 20.8 Å². The van der Waals surface area contributed by atoms with E-state index in [-0.39, 0.29) is 5.91 Å². The third-order valence-corrected chi connectivity index (χ3v) is 5.52. The number of amides is 1. The Morgan fingerprint density at radius 3 is 2.62 bits per heavy atom. The Kier molecular flexibility index (Phi) is 5.36. The van der Waals surface area contributed by atoms with Gasteiger partial charge in [-0.25, -0.2) is 19.9 Å². The third kappa shape index (κ3) is 4.49. The van der Waals surface area contributed by atoms with Crippen LogP contribution in [-0.4, -0.2) is 32.4 Å². The van der Waals surface area contributed by atoms with E-state index in [0.717, 1.165) is 27.4 Å². The smallest absolute Gasteiger partial charge is 0.276 e. The molecule has 10 heteroatoms. The Morgan fingerprint density at radius 1 is 1.07 bits per heavy atom. The Hall–Kier alpha value is -3.11. The number of nitrogens with zero attached hydrogens (tertiary/aromatic N) is 4. The first-order valence-corrected chi connectivity index (χ1v) is 10.6. The largest absolute Gasteiger partial charge is 0.494 e. The second-order valence-corrected chi connectivity index (χ2v) is 8.06. The highest BCUT2D eigenvalue weighted by Gasteiger charge is 2.14. The molecule has 0 aliphatic heterocycles. The zero-order chi connectivity index (χ0) is 20.4. The molecule has 0 saturated heterocycles. The molecular formula is C19H18N6O2S2. The maximum Gasteiger partial charge on any atom is 0.276 e. The number of aryl methyl sites for hydroxylation is 2. The molecular weight excluding hydrogens is 408 g/mol. The normalized spacial score (nSPS) is 10.9. The first-order valence-electron chi connectivity index (χ1n) is 8.90. The highest BCUT2D eigenvalue weighted by Crippen LogP contribution is 2.30. The standard InChI is InChI=1S/C19H18N6O2S2/c1-4-27-12-5-6-13-15(8-12)29-19(22-13)24-16(26)14-9-28-18(23-14)25-17-20-10(2)7-11(3)21-17/h5-9H,4H2,1-3H3,(H,22,24,26)(H,20,21,23,25). The highest BCUT2D eigenvalue weighted by atomic mass is 32.1. The molecule has 1 amide bonds. The summed E-state index contributed by atoms with van der Waals surface area (Å²) in [5.74, 6) is 0.921. The number of benzene rings is 1. The van der Waals surface area contributed by atoms with Gasteiger partial charge >= 0.3 is 0 Å². The van der Waals surface area contributed by atoms with Gasteiger partial charge in [-0.3, -0.25) is 10.1 Å². The van der Waals surface area contributed by atoms with Crippen molar-refractivity contribution < 1.29 is 9.53 Å². The number of hydrogen-bond acceptors (Lipinski definition) is 9. The first kappa shape index (κ1) is 19.2. The lowest BCUT2D eigenvalue weighted by Gasteiger charge is -2.03. The summed E-state index contributed by atoms with van der Waals surface area (Å²) >= 11 is 2.70. The van der Waals surface area contributed by atoms with Crippen LogP contribution in [0.3, 0.4) is 0 Å². The lowest BCUT2D eigenvalue weighted by Crippen LogP contribution is -2.12. The monoisotopic (exact) mass is 426 g/mol. The van der Waals surface area contributed by atoms with Gasteiger partial charge in [0.1, 0.15) is 11.4 Å². The van der Waals surface area contributed by atoms with Gasteiger partial charge in [-0.15, -0.1) is 11.3 Å². The molecule has 0 radical (unpaired) electrons. The number of thiazole rings is 2. The van der Waals surface area contributed by atoms with Crippen LogP contribution in [0.4, 0.5) is 16.2 Å². The van der Waals surface area contributed by atoms with Gasteiger partial charge in [-0.1, -0.05) is 11.3 Å². The van der Waals surface area contributed by atoms with Crippen LogP contribution in [-0.2, 0) is 0 Å². The molecule has 3 heterocycles. The van der Waals surface area contributed by atoms with Crippen LogP contribution < -0.4 is 15.4 Å². The number of rotatable bonds is 6. The van der Waals surface area contributed by atoms with Crippen molar-refractivity contribution in [3.05, 3.63) is 46.7 Å². The molecule has 0 unspecified atom stereocenters. The minimum absolute atomic E-state index is 0.302. The quantitative estimate of drug-likeness (QED) is 0.466. The molecule has 148 valence electrons. The highest BCUT2D eigenvalue weighted by molar-refractivity contribution is 7.22. The van der Waals surface area contributed by atoms with Crippen LogP contribution in [0.1, 0.15) is 28.8 Å². The molecule has 4 rings (SSSR count). The predicted octanol–water partition coefficient (Wildman–Crippen LogP) is 4.55. The Labute approximate surface area is 175 Å². The summed E-state index contributed by atoms with van der Waals surface area (Å²) in [5.41, 5.74) is 2.83. The van der Waals surface area contributed by atoms with E-state index in [9.17, 15) is 4.79 Å². The van der Waals surface area contributed by atoms with Crippen molar-refractivity contribution in [1.82, 2.24) is 19.9 Å². The van der Waals surface area contributed by atoms with E-state index in [0.29, 0.717) is 28.5 Å². The van der Waals surface area contributed by atoms with Gasteiger partial charge in [0.15, 0.2) is 10.3 Å². The fourth-order valence-corrected chi connectivity index (χ4v) is 4.26. The predicted molar refractivity (Wildman–Crippen MR) is 116 cm³/mol. The molecule has 0 fully saturated rings. The maximum absolute atomic E-state index is 12.6. The molecule has 0 aliphatic carbocycles. The summed E-state index contributed by atoms with van der Waals surface area (Å²) in [5, 5.41) is 8.59. The molecule has 1 aromatic carbocycles. The van der Waals surface area contributed by atoms with Gasteiger partial charge < -0.3 is 10.1 Å². The van der Waals surface area contributed by atoms with Crippen LogP contribution >= 0.6 is 22.7 Å². The molecule has 0 aliphatic rings. The maximum atomic E-state index is 12.6. The van der Waals surface area contributed by atoms with E-state index in [1.807, 2.05) is 45.0 Å². The van der Waals surface area contributed by atoms with E-state index in [1.165, 1.54) is 22.7 Å². The minimum atomic E-state index is -0.320. The molecule has 8 nitrogen and oxygen atoms in total. The number of ether oxygens (including phenoxy) is 1. The number of anilines is 3. The van der Waals surface area contributed by atoms with E-state index in [2.05, 4.69) is 30.6 Å². The number of carbonyl (C=O) groups excluding carboxylic acids is 1. The molecule has 0 spiro atoms. The van der Waals surface area contributed by atoms with Crippen LogP contribution in [0.2, 0.25) is 0 Å². The van der Waals surface area contributed by atoms with E-state index in [4.69, 9.17) is 4.74 Å². The Bertz CT molecular complexity index is 1170. The minimum Gasteiger partial charge on any atom is -0.494 e. The van der Waals surface area contributed by atoms with E-state index in [1.54, 1.807) is 5.38 Å². The lowest BCUT2D eigenvalue weighted by molar-refractivity contribution is 0.102. The van der Waals surface area contributed by atoms with Crippen LogP contribution in [0, 0.1) is 13.8 Å². The van der Waals surface area contributed by atoms with Gasteiger partial charge in [0.05, 0.1) is 16.8 Å². The zero-order valence-corrected chi connectivity index (χ0v) is 17.6. The average molecular weight is 427 g/mol. The van der Waals surface area contributed by atoms with Crippen LogP contribution in [0.5, 0.6) is 5.75 Å². The first-order chi connectivity index (χ1) is 14.0. The topological polar surface area (TPSA) is 102 Å². The van der Waals surface area contributed by atoms with Crippen molar-refractivity contribution in [2.24, 2.45) is 0 Å². The molecule has 0 saturated carbocycles. The molecule has 4 aromatic rings. The SMILES string of the molecule is CCOc1ccc2nc(NC(=O)c3csc(Nc4nc(C)cc(C)n4)n3)sc2c1. The van der Waals surface area contributed by atoms with Crippen LogP contribution in [0.25, 0.3) is 10.2 Å². The van der Waals surface area contributed by atoms with Crippen molar-refractivity contribution in [3.8, 4) is 5.75 Å². The molecule has 0 atom stereocenters. The second-order valence-electron chi connectivity index (χ2n) is 6.17. The number of carbonyl (C=O) groups is 1. The fourth-order valence-electron chi connectivity index (χ4n) is 2.69. The van der Waals surface area contributed by atoms with Crippen molar-refractivity contribution in [1.29, 1.82) is 0 Å². The van der Waals surface area contributed by atoms with Gasteiger partial charge in [0, 0.05) is 16.8 Å². The summed E-state index contributed by atoms with van der Waals surface area (Å²) in [6.07, 6.45) is 0. The van der Waals surface area contributed by atoms with Gasteiger partial charge in [0.2, 0.25) is 5.95 Å². The van der Waals surface area contributed by atoms with Gasteiger partial charge in [-0.2, -0.15) is 0 Å². The van der Waals surface area contributed by atoms with E-state index >= 15 is 0 Å². The Balaban J connectivity index is 1.47. The fraction of sp³-hybridized carbons (Fsp3) is 0.211. The van der Waals surface area contributed by atoms with Crippen molar-refractivity contribution >= 4 is 55.0 Å². The number of fused-ring (bicyclic) bond motifs is 1. The summed E-state index contributed by atoms with van der Waals surface area (Å²) in [6, 6.07) is 7.55. The van der Waals surface area contributed by atoms with Gasteiger partial charge in [-0.05, 0) is 45.0 Å². The Morgan fingerprint density at radius 2 is 1.86 bits per heavy atom. The summed E-state index contributed by atoms with van der Waals surface area (Å²) in [6.45, 7) is 6.33. The van der Waals surface area contributed by atoms with Crippen LogP contribution in [0.15, 0.2) is 29.6 Å². The molecule has 3 aromatic heterocycles. The van der Waals surface area contributed by atoms with E-state index < -0.39 is 0 Å². The second kappa shape index (κ2) is 8.10. The summed E-state index contributed by atoms with van der Waals surface area (Å²) < 4.78 is 6.45. The molecule has 0 bridgehead atoms. The third-order valence-electron chi connectivity index (χ3n) is 3.83.